The van der Waals surface area contributed by atoms with E-state index in [4.69, 9.17) is 4.52 Å². The monoisotopic (exact) mass is 413 g/mol. The Morgan fingerprint density at radius 1 is 1.14 bits per heavy atom. The highest BCUT2D eigenvalue weighted by Gasteiger charge is 2.30. The fourth-order valence-electron chi connectivity index (χ4n) is 4.04. The van der Waals surface area contributed by atoms with Gasteiger partial charge in [0.2, 0.25) is 10.0 Å². The second kappa shape index (κ2) is 7.38. The number of aromatic nitrogens is 3. The van der Waals surface area contributed by atoms with Crippen molar-refractivity contribution >= 4 is 26.8 Å². The molecule has 152 valence electrons. The number of anilines is 1. The molecule has 29 heavy (non-hydrogen) atoms. The second-order valence-electron chi connectivity index (χ2n) is 7.89. The number of aryl methyl sites for hydroxylation is 2. The van der Waals surface area contributed by atoms with Crippen molar-refractivity contribution in [1.82, 2.24) is 20.1 Å². The number of hydrogen-bond donors (Lipinski definition) is 1. The van der Waals surface area contributed by atoms with E-state index in [0.717, 1.165) is 42.8 Å². The predicted molar refractivity (Wildman–Crippen MR) is 109 cm³/mol. The lowest BCUT2D eigenvalue weighted by Gasteiger charge is -2.40. The van der Waals surface area contributed by atoms with Gasteiger partial charge in [-0.15, -0.1) is 5.10 Å². The molecule has 0 saturated carbocycles. The van der Waals surface area contributed by atoms with E-state index >= 15 is 0 Å². The van der Waals surface area contributed by atoms with Crippen LogP contribution in [0, 0.1) is 5.92 Å². The summed E-state index contributed by atoms with van der Waals surface area (Å²) in [7, 11) is -3.48. The highest BCUT2D eigenvalue weighted by Crippen LogP contribution is 2.27. The summed E-state index contributed by atoms with van der Waals surface area (Å²) in [5.41, 5.74) is 3.47. The molecule has 5 rings (SSSR count). The number of benzene rings is 1. The van der Waals surface area contributed by atoms with Crippen molar-refractivity contribution < 1.29 is 12.9 Å². The summed E-state index contributed by atoms with van der Waals surface area (Å²) in [6.07, 6.45) is 4.50. The first-order chi connectivity index (χ1) is 14.1. The molecule has 0 bridgehead atoms. The number of rotatable bonds is 6. The van der Waals surface area contributed by atoms with Crippen LogP contribution >= 0.6 is 0 Å². The van der Waals surface area contributed by atoms with Gasteiger partial charge in [0.25, 0.3) is 0 Å². The summed E-state index contributed by atoms with van der Waals surface area (Å²) in [4.78, 5) is 2.16. The van der Waals surface area contributed by atoms with Crippen LogP contribution in [0.25, 0.3) is 11.0 Å². The number of hydrogen-bond acceptors (Lipinski definition) is 7. The number of sulfonamides is 1. The molecular formula is C20H23N5O3S. The molecular weight excluding hydrogens is 390 g/mol. The number of fused-ring (bicyclic) bond motifs is 2. The van der Waals surface area contributed by atoms with E-state index in [-0.39, 0.29) is 11.7 Å². The standard InChI is InChI=1S/C20H23N5O3S/c26-29(27,13-18-16-6-2-4-8-19(16)28-24-18)21-10-14-11-25(12-14)20-9-15-5-1-3-7-17(15)22-23-20/h2,4,6,8-9,14,21H,1,3,5,7,10-13H2. The largest absolute Gasteiger partial charge is 0.356 e. The summed E-state index contributed by atoms with van der Waals surface area (Å²) in [5, 5.41) is 13.4. The van der Waals surface area contributed by atoms with Crippen LogP contribution in [0.4, 0.5) is 5.82 Å². The zero-order valence-electron chi connectivity index (χ0n) is 16.0. The molecule has 0 unspecified atom stereocenters. The van der Waals surface area contributed by atoms with Crippen molar-refractivity contribution in [3.8, 4) is 0 Å². The molecule has 0 atom stereocenters. The first kappa shape index (κ1) is 18.5. The molecule has 1 N–H and O–H groups in total. The van der Waals surface area contributed by atoms with Gasteiger partial charge in [0, 0.05) is 30.9 Å². The van der Waals surface area contributed by atoms with Gasteiger partial charge in [0.1, 0.15) is 11.4 Å². The molecule has 1 aromatic carbocycles. The third-order valence-corrected chi connectivity index (χ3v) is 6.97. The molecule has 2 aliphatic rings. The summed E-state index contributed by atoms with van der Waals surface area (Å²) in [5.74, 6) is 0.979. The zero-order valence-corrected chi connectivity index (χ0v) is 16.9. The normalized spacial score (nSPS) is 17.3. The third kappa shape index (κ3) is 3.84. The van der Waals surface area contributed by atoms with Gasteiger partial charge in [-0.25, -0.2) is 13.1 Å². The van der Waals surface area contributed by atoms with E-state index in [0.29, 0.717) is 17.8 Å². The van der Waals surface area contributed by atoms with Crippen molar-refractivity contribution in [1.29, 1.82) is 0 Å². The van der Waals surface area contributed by atoms with Crippen LogP contribution in [-0.4, -0.2) is 43.4 Å². The van der Waals surface area contributed by atoms with Crippen molar-refractivity contribution in [2.75, 3.05) is 24.5 Å². The van der Waals surface area contributed by atoms with E-state index in [1.54, 1.807) is 6.07 Å². The average molecular weight is 414 g/mol. The molecule has 0 amide bonds. The topological polar surface area (TPSA) is 101 Å². The minimum Gasteiger partial charge on any atom is -0.356 e. The summed E-state index contributed by atoms with van der Waals surface area (Å²) in [6, 6.07) is 9.42. The van der Waals surface area contributed by atoms with Crippen molar-refractivity contribution in [3.63, 3.8) is 0 Å². The molecule has 0 spiro atoms. The molecule has 2 aromatic heterocycles. The van der Waals surface area contributed by atoms with Crippen LogP contribution in [0.5, 0.6) is 0 Å². The van der Waals surface area contributed by atoms with Crippen molar-refractivity contribution in [2.24, 2.45) is 5.92 Å². The Balaban J connectivity index is 1.16. The molecule has 1 aliphatic heterocycles. The minimum absolute atomic E-state index is 0.184. The van der Waals surface area contributed by atoms with E-state index in [2.05, 4.69) is 31.0 Å². The van der Waals surface area contributed by atoms with Crippen molar-refractivity contribution in [2.45, 2.75) is 31.4 Å². The first-order valence-corrected chi connectivity index (χ1v) is 11.6. The van der Waals surface area contributed by atoms with Gasteiger partial charge in [-0.3, -0.25) is 0 Å². The highest BCUT2D eigenvalue weighted by atomic mass is 32.2. The Hall–Kier alpha value is -2.52. The van der Waals surface area contributed by atoms with Gasteiger partial charge >= 0.3 is 0 Å². The maximum Gasteiger partial charge on any atom is 0.217 e. The van der Waals surface area contributed by atoms with Gasteiger partial charge < -0.3 is 9.42 Å². The van der Waals surface area contributed by atoms with E-state index in [1.165, 1.54) is 18.4 Å². The van der Waals surface area contributed by atoms with E-state index < -0.39 is 10.0 Å². The third-order valence-electron chi connectivity index (χ3n) is 5.71. The lowest BCUT2D eigenvalue weighted by molar-refractivity contribution is 0.401. The molecule has 3 aromatic rings. The molecule has 9 heteroatoms. The van der Waals surface area contributed by atoms with Crippen LogP contribution in [0.3, 0.4) is 0 Å². The average Bonchev–Trinajstić information content (AvgIpc) is 3.09. The molecule has 0 radical (unpaired) electrons. The van der Waals surface area contributed by atoms with Crippen LogP contribution in [0.1, 0.15) is 29.8 Å². The molecule has 3 heterocycles. The lowest BCUT2D eigenvalue weighted by atomic mass is 9.96. The number of nitrogens with one attached hydrogen (secondary N) is 1. The SMILES string of the molecule is O=S(=O)(Cc1noc2ccccc12)NCC1CN(c2cc3c(nn2)CCCC3)C1. The highest BCUT2D eigenvalue weighted by molar-refractivity contribution is 7.88. The lowest BCUT2D eigenvalue weighted by Crippen LogP contribution is -2.52. The van der Waals surface area contributed by atoms with Crippen LogP contribution in [0.15, 0.2) is 34.9 Å². The molecule has 1 aliphatic carbocycles. The fourth-order valence-corrected chi connectivity index (χ4v) is 5.20. The van der Waals surface area contributed by atoms with Gasteiger partial charge in [-0.05, 0) is 49.4 Å². The zero-order chi connectivity index (χ0) is 19.8. The maximum absolute atomic E-state index is 12.5. The second-order valence-corrected chi connectivity index (χ2v) is 9.69. The Bertz CT molecular complexity index is 1140. The molecule has 8 nitrogen and oxygen atoms in total. The number of nitrogens with zero attached hydrogens (tertiary/aromatic N) is 4. The van der Waals surface area contributed by atoms with E-state index in [9.17, 15) is 8.42 Å². The molecule has 1 saturated heterocycles. The predicted octanol–water partition coefficient (Wildman–Crippen LogP) is 2.05. The van der Waals surface area contributed by atoms with E-state index in [1.807, 2.05) is 18.2 Å². The summed E-state index contributed by atoms with van der Waals surface area (Å²) in [6.45, 7) is 1.97. The summed E-state index contributed by atoms with van der Waals surface area (Å²) >= 11 is 0. The first-order valence-electron chi connectivity index (χ1n) is 9.98. The van der Waals surface area contributed by atoms with Gasteiger partial charge in [0.15, 0.2) is 11.4 Å². The van der Waals surface area contributed by atoms with Gasteiger partial charge in [-0.2, -0.15) is 5.10 Å². The minimum atomic E-state index is -3.48. The maximum atomic E-state index is 12.5. The van der Waals surface area contributed by atoms with Gasteiger partial charge in [0.05, 0.1) is 5.69 Å². The Morgan fingerprint density at radius 3 is 2.86 bits per heavy atom. The van der Waals surface area contributed by atoms with Crippen molar-refractivity contribution in [3.05, 3.63) is 47.3 Å². The van der Waals surface area contributed by atoms with Crippen LogP contribution in [0.2, 0.25) is 0 Å². The Morgan fingerprint density at radius 2 is 1.97 bits per heavy atom. The molecule has 1 fully saturated rings. The summed E-state index contributed by atoms with van der Waals surface area (Å²) < 4.78 is 32.8. The van der Waals surface area contributed by atoms with Crippen LogP contribution < -0.4 is 9.62 Å². The fraction of sp³-hybridized carbons (Fsp3) is 0.450. The Labute approximate surface area is 169 Å². The quantitative estimate of drug-likeness (QED) is 0.660. The number of para-hydroxylation sites is 1. The Kier molecular flexibility index (Phi) is 4.71. The van der Waals surface area contributed by atoms with Gasteiger partial charge in [-0.1, -0.05) is 17.3 Å². The van der Waals surface area contributed by atoms with Crippen LogP contribution in [-0.2, 0) is 28.6 Å². The smallest absolute Gasteiger partial charge is 0.217 e.